The molecule has 27 heavy (non-hydrogen) atoms. The number of nitrogens with one attached hydrogen (secondary N) is 1. The standard InChI is InChI=1S/C17H14BrN3O5S/c18-14-6-16-15(25-10-26-16)5-12(14)7-19-20-17(22)9-27-8-11-1-3-13(4-2-11)21(23)24/h1-7H,8-10H2,(H,20,22)/b19-7-. The van der Waals surface area contributed by atoms with Crippen molar-refractivity contribution >= 4 is 45.5 Å². The van der Waals surface area contributed by atoms with E-state index in [2.05, 4.69) is 26.5 Å². The predicted octanol–water partition coefficient (Wildman–Crippen LogP) is 3.47. The van der Waals surface area contributed by atoms with E-state index >= 15 is 0 Å². The molecule has 10 heteroatoms. The van der Waals surface area contributed by atoms with Gasteiger partial charge in [-0.25, -0.2) is 5.43 Å². The Balaban J connectivity index is 1.44. The van der Waals surface area contributed by atoms with Crippen LogP contribution in [0.25, 0.3) is 0 Å². The number of nitrogens with zero attached hydrogens (tertiary/aromatic N) is 2. The fourth-order valence-corrected chi connectivity index (χ4v) is 3.42. The second-order valence-electron chi connectivity index (χ2n) is 5.44. The minimum absolute atomic E-state index is 0.0468. The highest BCUT2D eigenvalue weighted by Crippen LogP contribution is 2.36. The number of ether oxygens (including phenoxy) is 2. The maximum absolute atomic E-state index is 11.8. The van der Waals surface area contributed by atoms with Crippen LogP contribution in [0, 0.1) is 10.1 Å². The number of nitro benzene ring substituents is 1. The third-order valence-electron chi connectivity index (χ3n) is 3.53. The highest BCUT2D eigenvalue weighted by molar-refractivity contribution is 9.10. The number of hydrogen-bond acceptors (Lipinski definition) is 7. The van der Waals surface area contributed by atoms with Crippen molar-refractivity contribution in [3.05, 3.63) is 62.1 Å². The van der Waals surface area contributed by atoms with Crippen molar-refractivity contribution in [3.63, 3.8) is 0 Å². The zero-order valence-corrected chi connectivity index (χ0v) is 16.3. The quantitative estimate of drug-likeness (QED) is 0.392. The Morgan fingerprint density at radius 2 is 2.00 bits per heavy atom. The first-order valence-corrected chi connectivity index (χ1v) is 9.70. The summed E-state index contributed by atoms with van der Waals surface area (Å²) in [5, 5.41) is 14.6. The van der Waals surface area contributed by atoms with Crippen molar-refractivity contribution in [1.29, 1.82) is 0 Å². The highest BCUT2D eigenvalue weighted by Gasteiger charge is 2.15. The summed E-state index contributed by atoms with van der Waals surface area (Å²) < 4.78 is 11.4. The smallest absolute Gasteiger partial charge is 0.269 e. The molecule has 0 spiro atoms. The number of thioether (sulfide) groups is 1. The number of fused-ring (bicyclic) bond motifs is 1. The van der Waals surface area contributed by atoms with Gasteiger partial charge in [0.05, 0.1) is 16.9 Å². The van der Waals surface area contributed by atoms with E-state index < -0.39 is 4.92 Å². The molecule has 0 atom stereocenters. The monoisotopic (exact) mass is 451 g/mol. The van der Waals surface area contributed by atoms with Crippen LogP contribution in [0.15, 0.2) is 46.0 Å². The van der Waals surface area contributed by atoms with Crippen LogP contribution in [0.1, 0.15) is 11.1 Å². The molecule has 0 aromatic heterocycles. The Morgan fingerprint density at radius 3 is 2.70 bits per heavy atom. The molecule has 8 nitrogen and oxygen atoms in total. The molecule has 0 unspecified atom stereocenters. The molecule has 1 aliphatic rings. The zero-order valence-electron chi connectivity index (χ0n) is 13.9. The van der Waals surface area contributed by atoms with Crippen LogP contribution < -0.4 is 14.9 Å². The number of carbonyl (C=O) groups excluding carboxylic acids is 1. The van der Waals surface area contributed by atoms with Gasteiger partial charge in [0.1, 0.15) is 0 Å². The van der Waals surface area contributed by atoms with Crippen LogP contribution in [0.3, 0.4) is 0 Å². The SMILES string of the molecule is O=C(CSCc1ccc([N+](=O)[O-])cc1)N/N=C\c1cc2c(cc1Br)OCO2. The summed E-state index contributed by atoms with van der Waals surface area (Å²) >= 11 is 4.81. The number of halogens is 1. The molecule has 3 rings (SSSR count). The molecule has 0 bridgehead atoms. The first-order valence-electron chi connectivity index (χ1n) is 7.75. The van der Waals surface area contributed by atoms with E-state index in [0.717, 1.165) is 15.6 Å². The van der Waals surface area contributed by atoms with Crippen molar-refractivity contribution in [2.75, 3.05) is 12.5 Å². The zero-order chi connectivity index (χ0) is 19.2. The lowest BCUT2D eigenvalue weighted by Crippen LogP contribution is -2.19. The minimum atomic E-state index is -0.444. The summed E-state index contributed by atoms with van der Waals surface area (Å²) in [7, 11) is 0. The lowest BCUT2D eigenvalue weighted by molar-refractivity contribution is -0.384. The van der Waals surface area contributed by atoms with E-state index in [-0.39, 0.29) is 24.1 Å². The van der Waals surface area contributed by atoms with E-state index in [9.17, 15) is 14.9 Å². The molecule has 0 saturated heterocycles. The van der Waals surface area contributed by atoms with Gasteiger partial charge in [-0.2, -0.15) is 5.10 Å². The van der Waals surface area contributed by atoms with Gasteiger partial charge in [0.2, 0.25) is 12.7 Å². The Kier molecular flexibility index (Phi) is 6.30. The van der Waals surface area contributed by atoms with Crippen molar-refractivity contribution in [2.24, 2.45) is 5.10 Å². The topological polar surface area (TPSA) is 103 Å². The van der Waals surface area contributed by atoms with Gasteiger partial charge >= 0.3 is 0 Å². The predicted molar refractivity (Wildman–Crippen MR) is 105 cm³/mol. The van der Waals surface area contributed by atoms with E-state index in [1.165, 1.54) is 30.1 Å². The summed E-state index contributed by atoms with van der Waals surface area (Å²) in [5.74, 6) is 1.84. The number of hydrogen-bond donors (Lipinski definition) is 1. The van der Waals surface area contributed by atoms with E-state index in [1.54, 1.807) is 24.3 Å². The second kappa shape index (κ2) is 8.87. The fourth-order valence-electron chi connectivity index (χ4n) is 2.21. The Hall–Kier alpha value is -2.59. The van der Waals surface area contributed by atoms with Crippen LogP contribution in [0.2, 0.25) is 0 Å². The van der Waals surface area contributed by atoms with Gasteiger partial charge in [-0.3, -0.25) is 14.9 Å². The van der Waals surface area contributed by atoms with Crippen molar-refractivity contribution in [2.45, 2.75) is 5.75 Å². The first kappa shape index (κ1) is 19.2. The normalized spacial score (nSPS) is 12.3. The number of non-ortho nitro benzene ring substituents is 1. The summed E-state index contributed by atoms with van der Waals surface area (Å²) in [4.78, 5) is 22.0. The Labute approximate surface area is 167 Å². The van der Waals surface area contributed by atoms with Gasteiger partial charge in [0.25, 0.3) is 5.69 Å². The number of nitro groups is 1. The molecule has 1 amide bonds. The van der Waals surface area contributed by atoms with Gasteiger partial charge in [-0.05, 0) is 33.6 Å². The van der Waals surface area contributed by atoms with E-state index in [4.69, 9.17) is 9.47 Å². The third-order valence-corrected chi connectivity index (χ3v) is 5.22. The van der Waals surface area contributed by atoms with Crippen LogP contribution in [0.4, 0.5) is 5.69 Å². The Morgan fingerprint density at radius 1 is 1.30 bits per heavy atom. The van der Waals surface area contributed by atoms with E-state index in [0.29, 0.717) is 17.3 Å². The summed E-state index contributed by atoms with van der Waals surface area (Å²) in [6.45, 7) is 0.186. The molecule has 0 radical (unpaired) electrons. The van der Waals surface area contributed by atoms with Crippen molar-refractivity contribution in [1.82, 2.24) is 5.43 Å². The lowest BCUT2D eigenvalue weighted by atomic mass is 10.2. The number of hydrazone groups is 1. The molecule has 1 N–H and O–H groups in total. The second-order valence-corrected chi connectivity index (χ2v) is 7.28. The van der Waals surface area contributed by atoms with Gasteiger partial charge in [0.15, 0.2) is 11.5 Å². The van der Waals surface area contributed by atoms with Gasteiger partial charge < -0.3 is 9.47 Å². The summed E-state index contributed by atoms with van der Waals surface area (Å²) in [6.07, 6.45) is 1.52. The maximum atomic E-state index is 11.8. The molecular formula is C17H14BrN3O5S. The molecule has 0 aliphatic carbocycles. The van der Waals surface area contributed by atoms with Gasteiger partial charge in [-0.1, -0.05) is 12.1 Å². The van der Waals surface area contributed by atoms with Crippen LogP contribution in [-0.2, 0) is 10.5 Å². The summed E-state index contributed by atoms with van der Waals surface area (Å²) in [6, 6.07) is 9.81. The fraction of sp³-hybridized carbons (Fsp3) is 0.176. The highest BCUT2D eigenvalue weighted by atomic mass is 79.9. The molecule has 1 aliphatic heterocycles. The lowest BCUT2D eigenvalue weighted by Gasteiger charge is -2.03. The average molecular weight is 452 g/mol. The molecule has 2 aromatic rings. The average Bonchev–Trinajstić information content (AvgIpc) is 3.09. The van der Waals surface area contributed by atoms with Crippen LogP contribution in [0.5, 0.6) is 11.5 Å². The molecule has 0 fully saturated rings. The summed E-state index contributed by atoms with van der Waals surface area (Å²) in [5.41, 5.74) is 4.17. The molecule has 2 aromatic carbocycles. The maximum Gasteiger partial charge on any atom is 0.269 e. The Bertz CT molecular complexity index is 889. The molecule has 140 valence electrons. The van der Waals surface area contributed by atoms with Gasteiger partial charge in [0, 0.05) is 27.9 Å². The molecule has 1 heterocycles. The molecule has 0 saturated carbocycles. The largest absolute Gasteiger partial charge is 0.454 e. The van der Waals surface area contributed by atoms with Crippen LogP contribution >= 0.6 is 27.7 Å². The first-order chi connectivity index (χ1) is 13.0. The minimum Gasteiger partial charge on any atom is -0.454 e. The van der Waals surface area contributed by atoms with Crippen molar-refractivity contribution < 1.29 is 19.2 Å². The number of benzene rings is 2. The third kappa shape index (κ3) is 5.20. The van der Waals surface area contributed by atoms with Gasteiger partial charge in [-0.15, -0.1) is 11.8 Å². The molecular weight excluding hydrogens is 438 g/mol. The number of amides is 1. The van der Waals surface area contributed by atoms with Crippen molar-refractivity contribution in [3.8, 4) is 11.5 Å². The van der Waals surface area contributed by atoms with Crippen LogP contribution in [-0.4, -0.2) is 29.6 Å². The number of carbonyl (C=O) groups is 1. The van der Waals surface area contributed by atoms with E-state index in [1.807, 2.05) is 0 Å². The number of rotatable bonds is 7.